The first-order valence-electron chi connectivity index (χ1n) is 4.57. The van der Waals surface area contributed by atoms with Crippen LogP contribution in [0.1, 0.15) is 30.8 Å². The largest absolute Gasteiger partial charge is 0.481 e. The van der Waals surface area contributed by atoms with Crippen LogP contribution in [0.3, 0.4) is 0 Å². The van der Waals surface area contributed by atoms with Gasteiger partial charge in [0.15, 0.2) is 5.69 Å². The van der Waals surface area contributed by atoms with Gasteiger partial charge in [0.25, 0.3) is 0 Å². The summed E-state index contributed by atoms with van der Waals surface area (Å²) in [4.78, 5) is 10.4. The van der Waals surface area contributed by atoms with Gasteiger partial charge >= 0.3 is 12.1 Å². The number of hydrogen-bond acceptors (Lipinski definition) is 2. The van der Waals surface area contributed by atoms with E-state index in [-0.39, 0.29) is 6.42 Å². The van der Waals surface area contributed by atoms with Gasteiger partial charge in [-0.25, -0.2) is 0 Å². The smallest absolute Gasteiger partial charge is 0.435 e. The molecule has 1 atom stereocenters. The molecular weight excluding hydrogens is 225 g/mol. The topological polar surface area (TPSA) is 55.1 Å². The fourth-order valence-corrected chi connectivity index (χ4v) is 1.41. The molecular formula is C9H11F3N2O2. The number of aryl methyl sites for hydroxylation is 1. The summed E-state index contributed by atoms with van der Waals surface area (Å²) in [5.74, 6) is -1.07. The normalized spacial score (nSPS) is 13.8. The number of nitrogens with zero attached hydrogens (tertiary/aromatic N) is 2. The van der Waals surface area contributed by atoms with Crippen LogP contribution in [0.25, 0.3) is 0 Å². The fourth-order valence-electron chi connectivity index (χ4n) is 1.41. The van der Waals surface area contributed by atoms with Crippen LogP contribution >= 0.6 is 0 Å². The Balaban J connectivity index is 2.98. The molecule has 1 N–H and O–H groups in total. The summed E-state index contributed by atoms with van der Waals surface area (Å²) in [6.07, 6.45) is -4.77. The van der Waals surface area contributed by atoms with Crippen molar-refractivity contribution in [3.63, 3.8) is 0 Å². The van der Waals surface area contributed by atoms with Gasteiger partial charge in [-0.15, -0.1) is 0 Å². The van der Waals surface area contributed by atoms with Crippen LogP contribution in [0.15, 0.2) is 6.07 Å². The van der Waals surface area contributed by atoms with E-state index in [0.29, 0.717) is 5.69 Å². The Kier molecular flexibility index (Phi) is 3.25. The Labute approximate surface area is 89.7 Å². The van der Waals surface area contributed by atoms with Crippen LogP contribution < -0.4 is 0 Å². The van der Waals surface area contributed by atoms with Crippen molar-refractivity contribution < 1.29 is 23.1 Å². The summed E-state index contributed by atoms with van der Waals surface area (Å²) in [6.45, 7) is 2.97. The van der Waals surface area contributed by atoms with Gasteiger partial charge in [0.05, 0.1) is 12.5 Å². The predicted molar refractivity (Wildman–Crippen MR) is 48.9 cm³/mol. The molecule has 0 aliphatic heterocycles. The molecule has 0 radical (unpaired) electrons. The van der Waals surface area contributed by atoms with E-state index in [9.17, 15) is 18.0 Å². The van der Waals surface area contributed by atoms with Gasteiger partial charge in [0.2, 0.25) is 0 Å². The molecule has 0 fully saturated rings. The summed E-state index contributed by atoms with van der Waals surface area (Å²) < 4.78 is 38.0. The first kappa shape index (κ1) is 12.5. The lowest BCUT2D eigenvalue weighted by molar-refractivity contribution is -0.141. The molecule has 0 aliphatic rings. The van der Waals surface area contributed by atoms with Gasteiger partial charge in [0.1, 0.15) is 0 Å². The number of carbonyl (C=O) groups is 1. The van der Waals surface area contributed by atoms with Crippen LogP contribution in [0.2, 0.25) is 0 Å². The fraction of sp³-hybridized carbons (Fsp3) is 0.556. The molecule has 1 heterocycles. The lowest BCUT2D eigenvalue weighted by Gasteiger charge is -2.11. The van der Waals surface area contributed by atoms with Gasteiger partial charge in [-0.3, -0.25) is 9.48 Å². The summed E-state index contributed by atoms with van der Waals surface area (Å²) in [6, 6.07) is 0.298. The molecule has 90 valence electrons. The third-order valence-electron chi connectivity index (χ3n) is 2.10. The zero-order chi connectivity index (χ0) is 12.5. The van der Waals surface area contributed by atoms with Crippen LogP contribution in [0.4, 0.5) is 13.2 Å². The number of aliphatic carboxylic acids is 1. The average molecular weight is 236 g/mol. The van der Waals surface area contributed by atoms with Crippen LogP contribution in [-0.2, 0) is 11.0 Å². The summed E-state index contributed by atoms with van der Waals surface area (Å²) in [5.41, 5.74) is -0.705. The molecule has 1 aromatic heterocycles. The second-order valence-corrected chi connectivity index (χ2v) is 3.56. The quantitative estimate of drug-likeness (QED) is 0.875. The molecule has 0 saturated heterocycles. The Morgan fingerprint density at radius 3 is 2.56 bits per heavy atom. The second kappa shape index (κ2) is 4.15. The third-order valence-corrected chi connectivity index (χ3v) is 2.10. The van der Waals surface area contributed by atoms with Gasteiger partial charge in [-0.05, 0) is 19.9 Å². The summed E-state index contributed by atoms with van der Waals surface area (Å²) in [5, 5.41) is 11.9. The SMILES string of the molecule is Cc1cc(C(F)(F)F)nn1[C@@H](C)CC(=O)O. The molecule has 0 unspecified atom stereocenters. The van der Waals surface area contributed by atoms with E-state index in [4.69, 9.17) is 5.11 Å². The second-order valence-electron chi connectivity index (χ2n) is 3.56. The van der Waals surface area contributed by atoms with E-state index in [1.54, 1.807) is 0 Å². The number of halogens is 3. The molecule has 0 saturated carbocycles. The molecule has 4 nitrogen and oxygen atoms in total. The van der Waals surface area contributed by atoms with Crippen molar-refractivity contribution in [2.45, 2.75) is 32.5 Å². The minimum atomic E-state index is -4.50. The maximum absolute atomic E-state index is 12.3. The number of alkyl halides is 3. The average Bonchev–Trinajstić information content (AvgIpc) is 2.44. The van der Waals surface area contributed by atoms with Crippen LogP contribution in [0.5, 0.6) is 0 Å². The molecule has 0 aliphatic carbocycles. The van der Waals surface area contributed by atoms with Crippen molar-refractivity contribution in [2.75, 3.05) is 0 Å². The Hall–Kier alpha value is -1.53. The van der Waals surface area contributed by atoms with Crippen LogP contribution in [0, 0.1) is 6.92 Å². The van der Waals surface area contributed by atoms with Crippen molar-refractivity contribution in [1.82, 2.24) is 9.78 Å². The zero-order valence-electron chi connectivity index (χ0n) is 8.75. The highest BCUT2D eigenvalue weighted by molar-refractivity contribution is 5.67. The standard InChI is InChI=1S/C9H11F3N2O2/c1-5-3-7(9(10,11)12)13-14(5)6(2)4-8(15)16/h3,6H,4H2,1-2H3,(H,15,16)/t6-/m0/s1. The maximum atomic E-state index is 12.3. The van der Waals surface area contributed by atoms with E-state index >= 15 is 0 Å². The Morgan fingerprint density at radius 1 is 1.62 bits per heavy atom. The number of carboxylic acid groups (broad SMARTS) is 1. The van der Waals surface area contributed by atoms with Crippen molar-refractivity contribution in [3.8, 4) is 0 Å². The monoisotopic (exact) mass is 236 g/mol. The Bertz CT molecular complexity index is 398. The van der Waals surface area contributed by atoms with E-state index in [2.05, 4.69) is 5.10 Å². The zero-order valence-corrected chi connectivity index (χ0v) is 8.75. The minimum absolute atomic E-state index is 0.264. The molecule has 7 heteroatoms. The van der Waals surface area contributed by atoms with E-state index in [1.807, 2.05) is 0 Å². The maximum Gasteiger partial charge on any atom is 0.435 e. The molecule has 0 bridgehead atoms. The molecule has 0 spiro atoms. The highest BCUT2D eigenvalue weighted by Crippen LogP contribution is 2.29. The van der Waals surface area contributed by atoms with Gasteiger partial charge in [0, 0.05) is 5.69 Å². The highest BCUT2D eigenvalue weighted by atomic mass is 19.4. The lowest BCUT2D eigenvalue weighted by atomic mass is 10.2. The van der Waals surface area contributed by atoms with E-state index < -0.39 is 23.9 Å². The van der Waals surface area contributed by atoms with Crippen molar-refractivity contribution in [1.29, 1.82) is 0 Å². The lowest BCUT2D eigenvalue weighted by Crippen LogP contribution is -2.14. The number of aromatic nitrogens is 2. The minimum Gasteiger partial charge on any atom is -0.481 e. The van der Waals surface area contributed by atoms with E-state index in [1.165, 1.54) is 13.8 Å². The Morgan fingerprint density at radius 2 is 2.19 bits per heavy atom. The van der Waals surface area contributed by atoms with E-state index in [0.717, 1.165) is 10.7 Å². The van der Waals surface area contributed by atoms with Gasteiger partial charge in [-0.2, -0.15) is 18.3 Å². The summed E-state index contributed by atoms with van der Waals surface area (Å²) in [7, 11) is 0. The first-order chi connectivity index (χ1) is 7.21. The number of rotatable bonds is 3. The van der Waals surface area contributed by atoms with Crippen molar-refractivity contribution >= 4 is 5.97 Å². The first-order valence-corrected chi connectivity index (χ1v) is 4.57. The molecule has 16 heavy (non-hydrogen) atoms. The summed E-state index contributed by atoms with van der Waals surface area (Å²) >= 11 is 0. The van der Waals surface area contributed by atoms with Crippen molar-refractivity contribution in [2.24, 2.45) is 0 Å². The highest BCUT2D eigenvalue weighted by Gasteiger charge is 2.34. The van der Waals surface area contributed by atoms with Gasteiger partial charge < -0.3 is 5.11 Å². The number of carboxylic acids is 1. The predicted octanol–water partition coefficient (Wildman–Crippen LogP) is 2.25. The molecule has 1 aromatic rings. The number of hydrogen-bond donors (Lipinski definition) is 1. The van der Waals surface area contributed by atoms with Crippen molar-refractivity contribution in [3.05, 3.63) is 17.5 Å². The molecule has 1 rings (SSSR count). The third kappa shape index (κ3) is 2.74. The van der Waals surface area contributed by atoms with Crippen LogP contribution in [-0.4, -0.2) is 20.9 Å². The molecule has 0 amide bonds. The molecule has 0 aromatic carbocycles. The van der Waals surface area contributed by atoms with Gasteiger partial charge in [-0.1, -0.05) is 0 Å².